The molecule has 1 atom stereocenters. The van der Waals surface area contributed by atoms with Crippen LogP contribution in [0.4, 0.5) is 0 Å². The van der Waals surface area contributed by atoms with E-state index < -0.39 is 0 Å². The van der Waals surface area contributed by atoms with Gasteiger partial charge in [-0.3, -0.25) is 0 Å². The van der Waals surface area contributed by atoms with Crippen molar-refractivity contribution < 1.29 is 0 Å². The van der Waals surface area contributed by atoms with Gasteiger partial charge >= 0.3 is 0 Å². The maximum absolute atomic E-state index is 8.01. The van der Waals surface area contributed by atoms with Crippen LogP contribution in [0.3, 0.4) is 0 Å². The molecule has 0 aromatic heterocycles. The molecule has 1 saturated carbocycles. The van der Waals surface area contributed by atoms with Gasteiger partial charge in [-0.05, 0) is 36.6 Å². The summed E-state index contributed by atoms with van der Waals surface area (Å²) < 4.78 is 0. The van der Waals surface area contributed by atoms with Gasteiger partial charge in [0, 0.05) is 11.5 Å². The molecule has 1 rings (SSSR count). The summed E-state index contributed by atoms with van der Waals surface area (Å²) in [7, 11) is 0. The Morgan fingerprint density at radius 1 is 1.64 bits per heavy atom. The predicted molar refractivity (Wildman–Crippen MR) is 45.1 cm³/mol. The van der Waals surface area contributed by atoms with Crippen molar-refractivity contribution in [3.05, 3.63) is 10.4 Å². The van der Waals surface area contributed by atoms with Crippen molar-refractivity contribution in [2.75, 3.05) is 6.54 Å². The Hall–Kier alpha value is -0.690. The molecule has 3 nitrogen and oxygen atoms in total. The molecule has 0 saturated heterocycles. The summed E-state index contributed by atoms with van der Waals surface area (Å²) in [5.74, 6) is 1.84. The molecule has 1 fully saturated rings. The minimum absolute atomic E-state index is 0.674. The van der Waals surface area contributed by atoms with E-state index in [1.807, 2.05) is 0 Å². The van der Waals surface area contributed by atoms with Gasteiger partial charge in [0.05, 0.1) is 0 Å². The first-order chi connectivity index (χ1) is 5.34. The molecule has 1 aliphatic carbocycles. The van der Waals surface area contributed by atoms with Crippen molar-refractivity contribution in [3.8, 4) is 0 Å². The first kappa shape index (κ1) is 8.41. The summed E-state index contributed by atoms with van der Waals surface area (Å²) in [6.45, 7) is 2.97. The zero-order valence-electron chi connectivity index (χ0n) is 7.03. The Morgan fingerprint density at radius 2 is 2.36 bits per heavy atom. The van der Waals surface area contributed by atoms with Crippen molar-refractivity contribution in [1.82, 2.24) is 0 Å². The molecule has 0 heterocycles. The average Bonchev–Trinajstić information content (AvgIpc) is 2.79. The van der Waals surface area contributed by atoms with Crippen molar-refractivity contribution in [2.45, 2.75) is 32.6 Å². The molecule has 0 bridgehead atoms. The molecule has 3 heteroatoms. The molecular formula is C8H15N3. The van der Waals surface area contributed by atoms with E-state index in [1.54, 1.807) is 0 Å². The van der Waals surface area contributed by atoms with E-state index in [9.17, 15) is 0 Å². The lowest BCUT2D eigenvalue weighted by Gasteiger charge is -2.06. The third-order valence-electron chi connectivity index (χ3n) is 2.41. The van der Waals surface area contributed by atoms with Gasteiger partial charge in [0.15, 0.2) is 0 Å². The smallest absolute Gasteiger partial charge is 0.0258 e. The molecule has 0 amide bonds. The second-order valence-electron chi connectivity index (χ2n) is 3.41. The van der Waals surface area contributed by atoms with Gasteiger partial charge in [-0.1, -0.05) is 18.5 Å². The molecule has 0 aromatic carbocycles. The normalized spacial score (nSPS) is 19.0. The predicted octanol–water partition coefficient (Wildman–Crippen LogP) is 3.12. The first-order valence-electron chi connectivity index (χ1n) is 4.35. The average molecular weight is 153 g/mol. The van der Waals surface area contributed by atoms with Crippen LogP contribution in [0.1, 0.15) is 32.6 Å². The summed E-state index contributed by atoms with van der Waals surface area (Å²) in [5, 5.41) is 3.50. The van der Waals surface area contributed by atoms with E-state index in [1.165, 1.54) is 19.3 Å². The van der Waals surface area contributed by atoms with E-state index >= 15 is 0 Å². The van der Waals surface area contributed by atoms with Crippen molar-refractivity contribution in [1.29, 1.82) is 0 Å². The van der Waals surface area contributed by atoms with Crippen LogP contribution in [-0.4, -0.2) is 6.54 Å². The summed E-state index contributed by atoms with van der Waals surface area (Å²) in [5.41, 5.74) is 8.01. The van der Waals surface area contributed by atoms with Crippen LogP contribution in [0, 0.1) is 11.8 Å². The summed E-state index contributed by atoms with van der Waals surface area (Å²) >= 11 is 0. The lowest BCUT2D eigenvalue weighted by Crippen LogP contribution is -1.97. The van der Waals surface area contributed by atoms with Gasteiger partial charge in [-0.15, -0.1) is 0 Å². The zero-order valence-corrected chi connectivity index (χ0v) is 7.03. The zero-order chi connectivity index (χ0) is 8.10. The molecule has 0 aromatic rings. The Kier molecular flexibility index (Phi) is 3.24. The number of rotatable bonds is 5. The van der Waals surface area contributed by atoms with E-state index in [-0.39, 0.29) is 0 Å². The fourth-order valence-electron chi connectivity index (χ4n) is 1.43. The highest BCUT2D eigenvalue weighted by molar-refractivity contribution is 4.78. The number of hydrogen-bond acceptors (Lipinski definition) is 1. The second kappa shape index (κ2) is 4.24. The van der Waals surface area contributed by atoms with Crippen LogP contribution >= 0.6 is 0 Å². The molecule has 0 N–H and O–H groups in total. The molecule has 1 unspecified atom stereocenters. The van der Waals surface area contributed by atoms with Crippen LogP contribution in [-0.2, 0) is 0 Å². The third-order valence-corrected chi connectivity index (χ3v) is 2.41. The molecule has 0 radical (unpaired) electrons. The second-order valence-corrected chi connectivity index (χ2v) is 3.41. The van der Waals surface area contributed by atoms with Crippen LogP contribution in [0.2, 0.25) is 0 Å². The van der Waals surface area contributed by atoms with E-state index in [2.05, 4.69) is 16.9 Å². The van der Waals surface area contributed by atoms with Crippen molar-refractivity contribution in [2.24, 2.45) is 17.0 Å². The fraction of sp³-hybridized carbons (Fsp3) is 1.00. The standard InChI is InChI=1S/C8H15N3/c1-7(8-4-5-8)3-2-6-10-11-9/h7-8H,2-6H2,1H3. The van der Waals surface area contributed by atoms with Crippen LogP contribution < -0.4 is 0 Å². The maximum Gasteiger partial charge on any atom is 0.0258 e. The Bertz CT molecular complexity index is 157. The minimum atomic E-state index is 0.674. The number of nitrogens with zero attached hydrogens (tertiary/aromatic N) is 3. The Labute approximate surface area is 67.4 Å². The van der Waals surface area contributed by atoms with Crippen molar-refractivity contribution >= 4 is 0 Å². The molecular weight excluding hydrogens is 138 g/mol. The SMILES string of the molecule is CC(CCCN=[N+]=[N-])C1CC1. The third kappa shape index (κ3) is 3.28. The van der Waals surface area contributed by atoms with Gasteiger partial charge < -0.3 is 0 Å². The van der Waals surface area contributed by atoms with Crippen LogP contribution in [0.15, 0.2) is 5.11 Å². The quantitative estimate of drug-likeness (QED) is 0.252. The van der Waals surface area contributed by atoms with Crippen LogP contribution in [0.5, 0.6) is 0 Å². The lowest BCUT2D eigenvalue weighted by molar-refractivity contribution is 0.457. The topological polar surface area (TPSA) is 48.8 Å². The Balaban J connectivity index is 1.97. The molecule has 0 spiro atoms. The van der Waals surface area contributed by atoms with Crippen molar-refractivity contribution in [3.63, 3.8) is 0 Å². The van der Waals surface area contributed by atoms with Gasteiger partial charge in [0.25, 0.3) is 0 Å². The largest absolute Gasteiger partial charge is 0.0940 e. The van der Waals surface area contributed by atoms with Gasteiger partial charge in [0.1, 0.15) is 0 Å². The van der Waals surface area contributed by atoms with E-state index in [0.717, 1.165) is 18.3 Å². The highest BCUT2D eigenvalue weighted by atomic mass is 15.1. The maximum atomic E-state index is 8.01. The minimum Gasteiger partial charge on any atom is -0.0940 e. The van der Waals surface area contributed by atoms with Crippen LogP contribution in [0.25, 0.3) is 10.4 Å². The Morgan fingerprint density at radius 3 is 2.91 bits per heavy atom. The molecule has 62 valence electrons. The van der Waals surface area contributed by atoms with Gasteiger partial charge in [0.2, 0.25) is 0 Å². The highest BCUT2D eigenvalue weighted by Crippen LogP contribution is 2.38. The highest BCUT2D eigenvalue weighted by Gasteiger charge is 2.26. The van der Waals surface area contributed by atoms with E-state index in [0.29, 0.717) is 6.54 Å². The summed E-state index contributed by atoms with van der Waals surface area (Å²) in [4.78, 5) is 2.72. The first-order valence-corrected chi connectivity index (χ1v) is 4.35. The molecule has 0 aliphatic heterocycles. The van der Waals surface area contributed by atoms with Gasteiger partial charge in [-0.2, -0.15) is 0 Å². The summed E-state index contributed by atoms with van der Waals surface area (Å²) in [6, 6.07) is 0. The number of hydrogen-bond donors (Lipinski definition) is 0. The summed E-state index contributed by atoms with van der Waals surface area (Å²) in [6.07, 6.45) is 5.12. The monoisotopic (exact) mass is 153 g/mol. The van der Waals surface area contributed by atoms with E-state index in [4.69, 9.17) is 5.53 Å². The lowest BCUT2D eigenvalue weighted by atomic mass is 10.0. The molecule has 11 heavy (non-hydrogen) atoms. The van der Waals surface area contributed by atoms with Gasteiger partial charge in [-0.25, -0.2) is 0 Å². The number of azide groups is 1. The fourth-order valence-corrected chi connectivity index (χ4v) is 1.43. The molecule has 1 aliphatic rings.